The van der Waals surface area contributed by atoms with Crippen molar-refractivity contribution in [2.75, 3.05) is 6.54 Å². The minimum atomic E-state index is -0.243. The molecule has 1 heterocycles. The molecule has 0 radical (unpaired) electrons. The first-order valence-corrected chi connectivity index (χ1v) is 8.34. The first-order chi connectivity index (χ1) is 10.2. The van der Waals surface area contributed by atoms with Gasteiger partial charge in [0.1, 0.15) is 11.7 Å². The molecule has 1 N–H and O–H groups in total. The summed E-state index contributed by atoms with van der Waals surface area (Å²) < 4.78 is 13.2. The Balaban J connectivity index is 1.64. The number of unbranched alkanes of at least 4 members (excludes halogenated alkanes) is 7. The summed E-state index contributed by atoms with van der Waals surface area (Å²) in [6.45, 7) is 3.93. The highest BCUT2D eigenvalue weighted by molar-refractivity contribution is 6.00. The molecular formula is C18H27FN2. The second-order valence-corrected chi connectivity index (χ2v) is 6.05. The Morgan fingerprint density at radius 3 is 2.43 bits per heavy atom. The molecule has 0 atom stereocenters. The number of nitrogens with zero attached hydrogens (tertiary/aromatic N) is 1. The average molecular weight is 290 g/mol. The van der Waals surface area contributed by atoms with Crippen LogP contribution in [0.1, 0.15) is 69.4 Å². The van der Waals surface area contributed by atoms with Crippen LogP contribution in [0.4, 0.5) is 4.39 Å². The second kappa shape index (κ2) is 8.16. The lowest BCUT2D eigenvalue weighted by atomic mass is 10.1. The quantitative estimate of drug-likeness (QED) is 0.629. The van der Waals surface area contributed by atoms with Crippen LogP contribution in [0.5, 0.6) is 0 Å². The summed E-state index contributed by atoms with van der Waals surface area (Å²) in [5.41, 5.74) is 1.86. The Hall–Kier alpha value is -1.38. The van der Waals surface area contributed by atoms with Crippen LogP contribution in [0.25, 0.3) is 0 Å². The number of nitrogens with one attached hydrogen (secondary N) is 1. The normalized spacial score (nSPS) is 13.8. The van der Waals surface area contributed by atoms with Crippen molar-refractivity contribution in [3.63, 3.8) is 0 Å². The Labute approximate surface area is 127 Å². The molecule has 0 fully saturated rings. The maximum absolute atomic E-state index is 13.2. The van der Waals surface area contributed by atoms with Crippen LogP contribution in [-0.2, 0) is 6.54 Å². The van der Waals surface area contributed by atoms with Crippen molar-refractivity contribution < 1.29 is 4.39 Å². The van der Waals surface area contributed by atoms with Crippen molar-refractivity contribution in [1.29, 1.82) is 5.41 Å². The van der Waals surface area contributed by atoms with E-state index in [0.29, 0.717) is 5.84 Å². The van der Waals surface area contributed by atoms with E-state index in [-0.39, 0.29) is 5.82 Å². The maximum Gasteiger partial charge on any atom is 0.128 e. The largest absolute Gasteiger partial charge is 0.352 e. The third-order valence-electron chi connectivity index (χ3n) is 4.29. The van der Waals surface area contributed by atoms with Gasteiger partial charge in [0, 0.05) is 18.7 Å². The third-order valence-corrected chi connectivity index (χ3v) is 4.29. The molecule has 0 unspecified atom stereocenters. The molecule has 2 nitrogen and oxygen atoms in total. The first kappa shape index (κ1) is 16.0. The molecule has 0 aromatic heterocycles. The van der Waals surface area contributed by atoms with Gasteiger partial charge in [-0.25, -0.2) is 4.39 Å². The summed E-state index contributed by atoms with van der Waals surface area (Å²) in [6.07, 6.45) is 10.4. The topological polar surface area (TPSA) is 27.1 Å². The van der Waals surface area contributed by atoms with Crippen LogP contribution in [0.15, 0.2) is 18.2 Å². The van der Waals surface area contributed by atoms with E-state index in [2.05, 4.69) is 11.8 Å². The van der Waals surface area contributed by atoms with Crippen molar-refractivity contribution in [2.24, 2.45) is 0 Å². The van der Waals surface area contributed by atoms with E-state index in [9.17, 15) is 4.39 Å². The van der Waals surface area contributed by atoms with E-state index in [4.69, 9.17) is 5.41 Å². The summed E-state index contributed by atoms with van der Waals surface area (Å²) in [5, 5.41) is 8.14. The average Bonchev–Trinajstić information content (AvgIpc) is 2.78. The maximum atomic E-state index is 13.2. The van der Waals surface area contributed by atoms with Gasteiger partial charge in [-0.05, 0) is 24.1 Å². The molecule has 0 spiro atoms. The monoisotopic (exact) mass is 290 g/mol. The zero-order valence-corrected chi connectivity index (χ0v) is 13.1. The highest BCUT2D eigenvalue weighted by atomic mass is 19.1. The molecule has 0 saturated carbocycles. The van der Waals surface area contributed by atoms with Crippen molar-refractivity contribution in [1.82, 2.24) is 4.90 Å². The molecule has 21 heavy (non-hydrogen) atoms. The van der Waals surface area contributed by atoms with Crippen LogP contribution in [0.2, 0.25) is 0 Å². The van der Waals surface area contributed by atoms with E-state index < -0.39 is 0 Å². The molecule has 1 aliphatic heterocycles. The van der Waals surface area contributed by atoms with Gasteiger partial charge in [0.15, 0.2) is 0 Å². The van der Waals surface area contributed by atoms with E-state index in [1.54, 1.807) is 0 Å². The number of hydrogen-bond acceptors (Lipinski definition) is 1. The highest BCUT2D eigenvalue weighted by Crippen LogP contribution is 2.24. The molecule has 1 aromatic rings. The van der Waals surface area contributed by atoms with Gasteiger partial charge in [-0.15, -0.1) is 0 Å². The SMILES string of the molecule is CCCCCCCCCCN1Cc2ccc(F)cc2C1=N. The Morgan fingerprint density at radius 1 is 1.05 bits per heavy atom. The summed E-state index contributed by atoms with van der Waals surface area (Å²) in [5.74, 6) is 0.250. The number of benzene rings is 1. The highest BCUT2D eigenvalue weighted by Gasteiger charge is 2.23. The predicted octanol–water partition coefficient (Wildman–Crippen LogP) is 5.11. The fourth-order valence-electron chi connectivity index (χ4n) is 2.99. The standard InChI is InChI=1S/C18H27FN2/c1-2-3-4-5-6-7-8-9-12-21-14-15-10-11-16(19)13-17(15)18(21)20/h10-11,13,20H,2-9,12,14H2,1H3. The van der Waals surface area contributed by atoms with Crippen LogP contribution >= 0.6 is 0 Å². The molecule has 3 heteroatoms. The Bertz CT molecular complexity index is 470. The molecule has 2 rings (SSSR count). The van der Waals surface area contributed by atoms with Crippen molar-refractivity contribution in [2.45, 2.75) is 64.8 Å². The minimum absolute atomic E-state index is 0.243. The van der Waals surface area contributed by atoms with Crippen LogP contribution in [-0.4, -0.2) is 17.3 Å². The van der Waals surface area contributed by atoms with Crippen LogP contribution < -0.4 is 0 Å². The first-order valence-electron chi connectivity index (χ1n) is 8.34. The molecule has 0 aliphatic carbocycles. The van der Waals surface area contributed by atoms with Crippen molar-refractivity contribution in [3.8, 4) is 0 Å². The summed E-state index contributed by atoms with van der Waals surface area (Å²) in [4.78, 5) is 2.07. The van der Waals surface area contributed by atoms with Gasteiger partial charge < -0.3 is 4.90 Å². The van der Waals surface area contributed by atoms with E-state index in [1.165, 1.54) is 57.1 Å². The number of halogens is 1. The molecule has 0 bridgehead atoms. The minimum Gasteiger partial charge on any atom is -0.352 e. The Morgan fingerprint density at radius 2 is 1.71 bits per heavy atom. The van der Waals surface area contributed by atoms with Gasteiger partial charge in [-0.3, -0.25) is 5.41 Å². The fraction of sp³-hybridized carbons (Fsp3) is 0.611. The predicted molar refractivity (Wildman–Crippen MR) is 86.2 cm³/mol. The van der Waals surface area contributed by atoms with Crippen molar-refractivity contribution in [3.05, 3.63) is 35.1 Å². The third kappa shape index (κ3) is 4.55. The molecule has 0 saturated heterocycles. The van der Waals surface area contributed by atoms with E-state index in [1.807, 2.05) is 6.07 Å². The second-order valence-electron chi connectivity index (χ2n) is 6.05. The smallest absolute Gasteiger partial charge is 0.128 e. The van der Waals surface area contributed by atoms with Crippen LogP contribution in [0.3, 0.4) is 0 Å². The number of fused-ring (bicyclic) bond motifs is 1. The number of rotatable bonds is 9. The lowest BCUT2D eigenvalue weighted by Gasteiger charge is -2.17. The van der Waals surface area contributed by atoms with Gasteiger partial charge in [0.25, 0.3) is 0 Å². The van der Waals surface area contributed by atoms with Gasteiger partial charge in [0.2, 0.25) is 0 Å². The van der Waals surface area contributed by atoms with Gasteiger partial charge in [-0.2, -0.15) is 0 Å². The summed E-state index contributed by atoms with van der Waals surface area (Å²) in [7, 11) is 0. The molecule has 1 aromatic carbocycles. The van der Waals surface area contributed by atoms with Crippen molar-refractivity contribution >= 4 is 5.84 Å². The molecule has 0 amide bonds. The molecule has 1 aliphatic rings. The van der Waals surface area contributed by atoms with Gasteiger partial charge in [0.05, 0.1) is 0 Å². The molecular weight excluding hydrogens is 263 g/mol. The van der Waals surface area contributed by atoms with Gasteiger partial charge >= 0.3 is 0 Å². The fourth-order valence-corrected chi connectivity index (χ4v) is 2.99. The lowest BCUT2D eigenvalue weighted by molar-refractivity contribution is 0.406. The summed E-state index contributed by atoms with van der Waals surface area (Å²) in [6, 6.07) is 4.80. The summed E-state index contributed by atoms with van der Waals surface area (Å²) >= 11 is 0. The van der Waals surface area contributed by atoms with E-state index in [0.717, 1.165) is 30.6 Å². The molecule has 116 valence electrons. The number of amidine groups is 1. The lowest BCUT2D eigenvalue weighted by Crippen LogP contribution is -2.25. The zero-order valence-electron chi connectivity index (χ0n) is 13.1. The van der Waals surface area contributed by atoms with E-state index >= 15 is 0 Å². The Kier molecular flexibility index (Phi) is 6.21. The number of hydrogen-bond donors (Lipinski definition) is 1. The van der Waals surface area contributed by atoms with Crippen LogP contribution in [0, 0.1) is 11.2 Å². The van der Waals surface area contributed by atoms with Gasteiger partial charge in [-0.1, -0.05) is 57.9 Å². The zero-order chi connectivity index (χ0) is 15.1.